The number of halogens is 1. The first-order valence-electron chi connectivity index (χ1n) is 12.7. The first-order chi connectivity index (χ1) is 18.3. The molecular formula is C25H33ClN6O5S. The molecule has 11 nitrogen and oxygen atoms in total. The van der Waals surface area contributed by atoms with Crippen molar-refractivity contribution in [3.05, 3.63) is 51.4 Å². The monoisotopic (exact) mass is 564 g/mol. The molecule has 13 heteroatoms. The standard InChI is InChI=1S/C25H33ClN6O5S/c1-36-14-12-31(21-6-4-19(15-27)5-7-21)38(34,35)30-10-8-22(9-11-30)32-25(33)24(26)23(17-29-32)28-16-20-3-2-13-37-18-20/h4-7,17,20,22,28H,2-3,8-14,16,18H2,1H3. The number of hydrogen-bond donors (Lipinski definition) is 1. The summed E-state index contributed by atoms with van der Waals surface area (Å²) in [5.74, 6) is 0.362. The van der Waals surface area contributed by atoms with Crippen molar-refractivity contribution < 1.29 is 17.9 Å². The van der Waals surface area contributed by atoms with Crippen molar-refractivity contribution in [2.45, 2.75) is 31.7 Å². The molecule has 1 atom stereocenters. The minimum absolute atomic E-state index is 0.0818. The van der Waals surface area contributed by atoms with Crippen LogP contribution in [0.4, 0.5) is 11.4 Å². The summed E-state index contributed by atoms with van der Waals surface area (Å²) in [5.41, 5.74) is 1.00. The number of methoxy groups -OCH3 is 1. The van der Waals surface area contributed by atoms with Gasteiger partial charge >= 0.3 is 10.2 Å². The van der Waals surface area contributed by atoms with Crippen LogP contribution in [0.5, 0.6) is 0 Å². The van der Waals surface area contributed by atoms with Crippen LogP contribution in [0.2, 0.25) is 5.02 Å². The highest BCUT2D eigenvalue weighted by Crippen LogP contribution is 2.28. The van der Waals surface area contributed by atoms with Gasteiger partial charge in [0, 0.05) is 33.4 Å². The average Bonchev–Trinajstić information content (AvgIpc) is 2.95. The van der Waals surface area contributed by atoms with Crippen molar-refractivity contribution in [3.8, 4) is 6.07 Å². The maximum atomic E-state index is 13.6. The molecule has 1 aromatic heterocycles. The minimum Gasteiger partial charge on any atom is -0.383 e. The molecule has 4 rings (SSSR count). The summed E-state index contributed by atoms with van der Waals surface area (Å²) in [6.45, 7) is 2.91. The molecule has 206 valence electrons. The van der Waals surface area contributed by atoms with E-state index in [4.69, 9.17) is 26.3 Å². The fourth-order valence-corrected chi connectivity index (χ4v) is 6.61. The topological polar surface area (TPSA) is 130 Å². The van der Waals surface area contributed by atoms with E-state index in [1.165, 1.54) is 20.4 Å². The number of nitrogens with one attached hydrogen (secondary N) is 1. The molecule has 1 aromatic carbocycles. The minimum atomic E-state index is -3.87. The highest BCUT2D eigenvalue weighted by molar-refractivity contribution is 7.90. The number of ether oxygens (including phenoxy) is 2. The Bertz CT molecular complexity index is 1280. The highest BCUT2D eigenvalue weighted by Gasteiger charge is 2.34. The predicted octanol–water partition coefficient (Wildman–Crippen LogP) is 2.64. The van der Waals surface area contributed by atoms with Crippen LogP contribution in [0, 0.1) is 17.2 Å². The van der Waals surface area contributed by atoms with Crippen LogP contribution in [0.25, 0.3) is 0 Å². The third-order valence-corrected chi connectivity index (χ3v) is 9.27. The van der Waals surface area contributed by atoms with Gasteiger partial charge in [-0.15, -0.1) is 0 Å². The number of nitrogens with zero attached hydrogens (tertiary/aromatic N) is 5. The maximum Gasteiger partial charge on any atom is 0.304 e. The van der Waals surface area contributed by atoms with E-state index in [-0.39, 0.29) is 37.3 Å². The number of rotatable bonds is 10. The van der Waals surface area contributed by atoms with Crippen LogP contribution in [0.3, 0.4) is 0 Å². The first kappa shape index (κ1) is 28.3. The second-order valence-electron chi connectivity index (χ2n) is 9.45. The van der Waals surface area contributed by atoms with Gasteiger partial charge in [0.15, 0.2) is 0 Å². The van der Waals surface area contributed by atoms with E-state index in [0.29, 0.717) is 48.8 Å². The second-order valence-corrected chi connectivity index (χ2v) is 11.7. The van der Waals surface area contributed by atoms with Crippen LogP contribution in [0.15, 0.2) is 35.3 Å². The van der Waals surface area contributed by atoms with Crippen molar-refractivity contribution in [2.24, 2.45) is 5.92 Å². The molecule has 3 heterocycles. The summed E-state index contributed by atoms with van der Waals surface area (Å²) in [6.07, 6.45) is 4.48. The second kappa shape index (κ2) is 12.9. The summed E-state index contributed by atoms with van der Waals surface area (Å²) >= 11 is 6.40. The lowest BCUT2D eigenvalue weighted by Crippen LogP contribution is -2.49. The molecular weight excluding hydrogens is 532 g/mol. The van der Waals surface area contributed by atoms with Gasteiger partial charge in [-0.1, -0.05) is 11.6 Å². The zero-order chi connectivity index (χ0) is 27.1. The van der Waals surface area contributed by atoms with Gasteiger partial charge in [0.25, 0.3) is 5.56 Å². The van der Waals surface area contributed by atoms with E-state index in [0.717, 1.165) is 19.4 Å². The molecule has 0 aliphatic carbocycles. The van der Waals surface area contributed by atoms with E-state index in [1.54, 1.807) is 30.5 Å². The Morgan fingerprint density at radius 1 is 1.26 bits per heavy atom. The van der Waals surface area contributed by atoms with Gasteiger partial charge in [0.1, 0.15) is 5.02 Å². The first-order valence-corrected chi connectivity index (χ1v) is 14.5. The molecule has 2 saturated heterocycles. The van der Waals surface area contributed by atoms with Gasteiger partial charge in [-0.25, -0.2) is 4.68 Å². The lowest BCUT2D eigenvalue weighted by Gasteiger charge is -2.35. The fraction of sp³-hybridized carbons (Fsp3) is 0.560. The van der Waals surface area contributed by atoms with E-state index < -0.39 is 15.8 Å². The van der Waals surface area contributed by atoms with Gasteiger partial charge in [-0.05, 0) is 55.9 Å². The van der Waals surface area contributed by atoms with Crippen LogP contribution < -0.4 is 15.2 Å². The molecule has 1 unspecified atom stereocenters. The Kier molecular flexibility index (Phi) is 9.62. The quantitative estimate of drug-likeness (QED) is 0.466. The predicted molar refractivity (Wildman–Crippen MR) is 145 cm³/mol. The number of hydrogen-bond acceptors (Lipinski definition) is 8. The molecule has 0 spiro atoms. The SMILES string of the molecule is COCCN(c1ccc(C#N)cc1)S(=O)(=O)N1CCC(n2ncc(NCC3CCCOC3)c(Cl)c2=O)CC1. The average molecular weight is 565 g/mol. The Hall–Kier alpha value is -2.69. The van der Waals surface area contributed by atoms with Crippen LogP contribution in [0.1, 0.15) is 37.3 Å². The third kappa shape index (κ3) is 6.47. The summed E-state index contributed by atoms with van der Waals surface area (Å²) in [4.78, 5) is 13.0. The fourth-order valence-electron chi connectivity index (χ4n) is 4.76. The molecule has 0 radical (unpaired) electrons. The number of benzene rings is 1. The van der Waals surface area contributed by atoms with E-state index in [9.17, 15) is 13.2 Å². The zero-order valence-corrected chi connectivity index (χ0v) is 23.0. The largest absolute Gasteiger partial charge is 0.383 e. The number of nitriles is 1. The lowest BCUT2D eigenvalue weighted by atomic mass is 10.0. The Labute approximate surface area is 228 Å². The van der Waals surface area contributed by atoms with Gasteiger partial charge < -0.3 is 14.8 Å². The van der Waals surface area contributed by atoms with Crippen molar-refractivity contribution in [3.63, 3.8) is 0 Å². The summed E-state index contributed by atoms with van der Waals surface area (Å²) < 4.78 is 41.8. The van der Waals surface area contributed by atoms with Gasteiger partial charge in [0.05, 0.1) is 55.0 Å². The highest BCUT2D eigenvalue weighted by atomic mass is 35.5. The van der Waals surface area contributed by atoms with Crippen molar-refractivity contribution in [1.29, 1.82) is 5.26 Å². The molecule has 2 fully saturated rings. The maximum absolute atomic E-state index is 13.6. The van der Waals surface area contributed by atoms with Gasteiger partial charge in [-0.3, -0.25) is 9.10 Å². The Morgan fingerprint density at radius 3 is 2.63 bits per heavy atom. The van der Waals surface area contributed by atoms with Crippen LogP contribution in [-0.2, 0) is 19.7 Å². The number of aromatic nitrogens is 2. The molecule has 2 aliphatic heterocycles. The molecule has 2 aromatic rings. The molecule has 1 N–H and O–H groups in total. The van der Waals surface area contributed by atoms with Crippen LogP contribution >= 0.6 is 11.6 Å². The summed E-state index contributed by atoms with van der Waals surface area (Å²) in [5, 5.41) is 16.7. The van der Waals surface area contributed by atoms with E-state index >= 15 is 0 Å². The zero-order valence-electron chi connectivity index (χ0n) is 21.4. The molecule has 38 heavy (non-hydrogen) atoms. The van der Waals surface area contributed by atoms with Crippen LogP contribution in [-0.4, -0.2) is 75.6 Å². The molecule has 0 bridgehead atoms. The van der Waals surface area contributed by atoms with E-state index in [1.807, 2.05) is 6.07 Å². The lowest BCUT2D eigenvalue weighted by molar-refractivity contribution is 0.0595. The van der Waals surface area contributed by atoms with Gasteiger partial charge in [-0.2, -0.15) is 23.1 Å². The van der Waals surface area contributed by atoms with E-state index in [2.05, 4.69) is 10.4 Å². The van der Waals surface area contributed by atoms with Crippen molar-refractivity contribution in [2.75, 3.05) is 62.7 Å². The molecule has 0 saturated carbocycles. The summed E-state index contributed by atoms with van der Waals surface area (Å²) in [7, 11) is -2.36. The smallest absolute Gasteiger partial charge is 0.304 e. The number of piperidine rings is 1. The Morgan fingerprint density at radius 2 is 2.00 bits per heavy atom. The summed E-state index contributed by atoms with van der Waals surface area (Å²) in [6, 6.07) is 8.16. The van der Waals surface area contributed by atoms with Crippen molar-refractivity contribution in [1.82, 2.24) is 14.1 Å². The van der Waals surface area contributed by atoms with Gasteiger partial charge in [0.2, 0.25) is 0 Å². The Balaban J connectivity index is 1.43. The normalized spacial score (nSPS) is 19.1. The van der Waals surface area contributed by atoms with Crippen molar-refractivity contribution >= 4 is 33.2 Å². The molecule has 2 aliphatic rings. The molecule has 0 amide bonds. The third-order valence-electron chi connectivity index (χ3n) is 6.94. The number of anilines is 2.